The van der Waals surface area contributed by atoms with Crippen molar-refractivity contribution >= 4 is 38.3 Å². The van der Waals surface area contributed by atoms with Crippen LogP contribution >= 0.6 is 0 Å². The van der Waals surface area contributed by atoms with Gasteiger partial charge in [-0.2, -0.15) is 0 Å². The molecule has 0 fully saturated rings. The van der Waals surface area contributed by atoms with E-state index < -0.39 is 5.97 Å². The van der Waals surface area contributed by atoms with Gasteiger partial charge in [-0.3, -0.25) is 4.79 Å². The Labute approximate surface area is 162 Å². The van der Waals surface area contributed by atoms with Crippen molar-refractivity contribution < 1.29 is 9.90 Å². The maximum atomic E-state index is 11.6. The third-order valence-electron chi connectivity index (χ3n) is 5.39. The van der Waals surface area contributed by atoms with Crippen LogP contribution in [0.4, 0.5) is 0 Å². The van der Waals surface area contributed by atoms with Crippen LogP contribution in [0.2, 0.25) is 0 Å². The molecule has 0 saturated carbocycles. The van der Waals surface area contributed by atoms with Crippen LogP contribution in [0.3, 0.4) is 0 Å². The predicted molar refractivity (Wildman–Crippen MR) is 116 cm³/mol. The molecule has 0 aliphatic rings. The van der Waals surface area contributed by atoms with Gasteiger partial charge in [-0.05, 0) is 55.1 Å². The number of hydrogen-bond donors (Lipinski definition) is 1. The van der Waals surface area contributed by atoms with E-state index in [9.17, 15) is 9.90 Å². The monoisotopic (exact) mass is 362 g/mol. The molecule has 0 spiro atoms. The molecular formula is C26H18O2. The first-order valence-electron chi connectivity index (χ1n) is 9.35. The third kappa shape index (κ3) is 2.62. The fourth-order valence-corrected chi connectivity index (χ4v) is 4.21. The van der Waals surface area contributed by atoms with E-state index in [0.29, 0.717) is 0 Å². The zero-order valence-corrected chi connectivity index (χ0v) is 15.2. The SMILES string of the molecule is O=C(O)Cc1ccc2ccccc2c1-c1cc2ccccc2c2ccccc12. The summed E-state index contributed by atoms with van der Waals surface area (Å²) in [7, 11) is 0. The van der Waals surface area contributed by atoms with E-state index in [1.165, 1.54) is 10.8 Å². The Morgan fingerprint density at radius 1 is 0.643 bits per heavy atom. The van der Waals surface area contributed by atoms with Gasteiger partial charge < -0.3 is 5.11 Å². The number of fused-ring (bicyclic) bond motifs is 4. The molecule has 0 aliphatic carbocycles. The highest BCUT2D eigenvalue weighted by molar-refractivity contribution is 6.16. The number of rotatable bonds is 3. The molecule has 0 aliphatic heterocycles. The number of aliphatic carboxylic acids is 1. The van der Waals surface area contributed by atoms with Gasteiger partial charge in [0.15, 0.2) is 0 Å². The zero-order chi connectivity index (χ0) is 19.1. The molecule has 0 radical (unpaired) electrons. The summed E-state index contributed by atoms with van der Waals surface area (Å²) in [6.07, 6.45) is 0.00131. The van der Waals surface area contributed by atoms with Gasteiger partial charge in [0.25, 0.3) is 0 Å². The largest absolute Gasteiger partial charge is 0.481 e. The minimum atomic E-state index is -0.818. The molecular weight excluding hydrogens is 344 g/mol. The normalized spacial score (nSPS) is 11.3. The number of carboxylic acids is 1. The van der Waals surface area contributed by atoms with E-state index in [-0.39, 0.29) is 6.42 Å². The third-order valence-corrected chi connectivity index (χ3v) is 5.39. The summed E-state index contributed by atoms with van der Waals surface area (Å²) in [6.45, 7) is 0. The highest BCUT2D eigenvalue weighted by atomic mass is 16.4. The molecule has 0 amide bonds. The minimum Gasteiger partial charge on any atom is -0.481 e. The molecule has 0 saturated heterocycles. The number of carboxylic acid groups (broad SMARTS) is 1. The van der Waals surface area contributed by atoms with E-state index in [1.807, 2.05) is 36.4 Å². The molecule has 0 aromatic heterocycles. The van der Waals surface area contributed by atoms with E-state index >= 15 is 0 Å². The topological polar surface area (TPSA) is 37.3 Å². The molecule has 0 bridgehead atoms. The molecule has 5 aromatic rings. The van der Waals surface area contributed by atoms with Crippen LogP contribution < -0.4 is 0 Å². The van der Waals surface area contributed by atoms with Gasteiger partial charge in [-0.1, -0.05) is 84.9 Å². The van der Waals surface area contributed by atoms with Gasteiger partial charge in [0.05, 0.1) is 6.42 Å². The smallest absolute Gasteiger partial charge is 0.307 e. The van der Waals surface area contributed by atoms with Gasteiger partial charge in [0, 0.05) is 0 Å². The maximum Gasteiger partial charge on any atom is 0.307 e. The quantitative estimate of drug-likeness (QED) is 0.375. The summed E-state index contributed by atoms with van der Waals surface area (Å²) >= 11 is 0. The standard InChI is InChI=1S/C26H18O2/c27-25(28)16-19-14-13-17-7-1-4-10-21(17)26(19)24-15-18-8-2-3-9-20(18)22-11-5-6-12-23(22)24/h1-15H,16H2,(H,27,28). The first-order valence-corrected chi connectivity index (χ1v) is 9.35. The van der Waals surface area contributed by atoms with Crippen molar-refractivity contribution in [1.82, 2.24) is 0 Å². The summed E-state index contributed by atoms with van der Waals surface area (Å²) < 4.78 is 0. The van der Waals surface area contributed by atoms with E-state index in [2.05, 4.69) is 54.6 Å². The van der Waals surface area contributed by atoms with Crippen molar-refractivity contribution in [1.29, 1.82) is 0 Å². The van der Waals surface area contributed by atoms with Crippen LogP contribution in [0.25, 0.3) is 43.4 Å². The molecule has 0 atom stereocenters. The Morgan fingerprint density at radius 2 is 1.25 bits per heavy atom. The lowest BCUT2D eigenvalue weighted by Crippen LogP contribution is -2.02. The lowest BCUT2D eigenvalue weighted by Gasteiger charge is -2.16. The Bertz CT molecular complexity index is 1370. The Balaban J connectivity index is 1.97. The van der Waals surface area contributed by atoms with Gasteiger partial charge in [0.2, 0.25) is 0 Å². The first-order chi connectivity index (χ1) is 13.7. The summed E-state index contributed by atoms with van der Waals surface area (Å²) in [6, 6.07) is 31.1. The van der Waals surface area contributed by atoms with E-state index in [4.69, 9.17) is 0 Å². The lowest BCUT2D eigenvalue weighted by molar-refractivity contribution is -0.136. The molecule has 28 heavy (non-hydrogen) atoms. The van der Waals surface area contributed by atoms with E-state index in [1.54, 1.807) is 0 Å². The second-order valence-corrected chi connectivity index (χ2v) is 7.08. The highest BCUT2D eigenvalue weighted by Gasteiger charge is 2.16. The van der Waals surface area contributed by atoms with Crippen molar-refractivity contribution in [2.45, 2.75) is 6.42 Å². The predicted octanol–water partition coefficient (Wildman–Crippen LogP) is 6.44. The Hall–Kier alpha value is -3.65. The first kappa shape index (κ1) is 16.5. The number of hydrogen-bond acceptors (Lipinski definition) is 1. The Morgan fingerprint density at radius 3 is 2.00 bits per heavy atom. The molecule has 5 aromatic carbocycles. The van der Waals surface area contributed by atoms with Gasteiger partial charge in [-0.25, -0.2) is 0 Å². The average Bonchev–Trinajstić information content (AvgIpc) is 2.73. The molecule has 2 nitrogen and oxygen atoms in total. The fraction of sp³-hybridized carbons (Fsp3) is 0.0385. The van der Waals surface area contributed by atoms with Gasteiger partial charge >= 0.3 is 5.97 Å². The average molecular weight is 362 g/mol. The minimum absolute atomic E-state index is 0.00131. The van der Waals surface area contributed by atoms with Crippen LogP contribution in [0.1, 0.15) is 5.56 Å². The summed E-state index contributed by atoms with van der Waals surface area (Å²) in [5, 5.41) is 16.4. The van der Waals surface area contributed by atoms with Crippen LogP contribution in [0.15, 0.2) is 91.0 Å². The summed E-state index contributed by atoms with van der Waals surface area (Å²) in [5.74, 6) is -0.818. The summed E-state index contributed by atoms with van der Waals surface area (Å²) in [5.41, 5.74) is 2.94. The van der Waals surface area contributed by atoms with Crippen molar-refractivity contribution in [3.05, 3.63) is 96.6 Å². The fourth-order valence-electron chi connectivity index (χ4n) is 4.21. The zero-order valence-electron chi connectivity index (χ0n) is 15.2. The molecule has 134 valence electrons. The van der Waals surface area contributed by atoms with Crippen molar-refractivity contribution in [3.8, 4) is 11.1 Å². The van der Waals surface area contributed by atoms with Crippen LogP contribution in [0.5, 0.6) is 0 Å². The molecule has 0 unspecified atom stereocenters. The molecule has 5 rings (SSSR count). The summed E-state index contributed by atoms with van der Waals surface area (Å²) in [4.78, 5) is 11.6. The molecule has 1 N–H and O–H groups in total. The maximum absolute atomic E-state index is 11.6. The molecule has 0 heterocycles. The lowest BCUT2D eigenvalue weighted by atomic mass is 9.87. The van der Waals surface area contributed by atoms with Crippen LogP contribution in [0, 0.1) is 0 Å². The Kier molecular flexibility index (Phi) is 3.84. The second kappa shape index (κ2) is 6.50. The van der Waals surface area contributed by atoms with Crippen LogP contribution in [-0.4, -0.2) is 11.1 Å². The second-order valence-electron chi connectivity index (χ2n) is 7.08. The number of benzene rings is 5. The number of carbonyl (C=O) groups is 1. The van der Waals surface area contributed by atoms with Crippen molar-refractivity contribution in [2.24, 2.45) is 0 Å². The van der Waals surface area contributed by atoms with E-state index in [0.717, 1.165) is 38.2 Å². The van der Waals surface area contributed by atoms with Gasteiger partial charge in [0.1, 0.15) is 0 Å². The van der Waals surface area contributed by atoms with Crippen molar-refractivity contribution in [3.63, 3.8) is 0 Å². The highest BCUT2D eigenvalue weighted by Crippen LogP contribution is 2.40. The molecule has 2 heteroatoms. The van der Waals surface area contributed by atoms with Crippen LogP contribution in [-0.2, 0) is 11.2 Å². The van der Waals surface area contributed by atoms with Gasteiger partial charge in [-0.15, -0.1) is 0 Å². The van der Waals surface area contributed by atoms with Crippen molar-refractivity contribution in [2.75, 3.05) is 0 Å².